The molecular weight excluding hydrogens is 236 g/mol. The zero-order valence-corrected chi connectivity index (χ0v) is 10.8. The van der Waals surface area contributed by atoms with Gasteiger partial charge in [0.25, 0.3) is 0 Å². The van der Waals surface area contributed by atoms with Crippen molar-refractivity contribution in [3.8, 4) is 5.75 Å². The van der Waals surface area contributed by atoms with Crippen LogP contribution in [0, 0.1) is 11.6 Å². The Kier molecular flexibility index (Phi) is 5.78. The van der Waals surface area contributed by atoms with E-state index in [0.717, 1.165) is 0 Å². The van der Waals surface area contributed by atoms with Gasteiger partial charge in [-0.25, -0.2) is 8.78 Å². The third kappa shape index (κ3) is 4.45. The summed E-state index contributed by atoms with van der Waals surface area (Å²) in [6.07, 6.45) is 2.19. The fourth-order valence-corrected chi connectivity index (χ4v) is 1.42. The average Bonchev–Trinajstić information content (AvgIpc) is 2.30. The van der Waals surface area contributed by atoms with Crippen molar-refractivity contribution in [2.24, 2.45) is 0 Å². The second-order valence-electron chi connectivity index (χ2n) is 4.35. The summed E-state index contributed by atoms with van der Waals surface area (Å²) in [5.41, 5.74) is 0.565. The lowest BCUT2D eigenvalue weighted by molar-refractivity contribution is 0.290. The Bertz CT molecular complexity index is 382. The van der Waals surface area contributed by atoms with Gasteiger partial charge < -0.3 is 10.1 Å². The second kappa shape index (κ2) is 7.11. The van der Waals surface area contributed by atoms with Crippen molar-refractivity contribution < 1.29 is 13.5 Å². The summed E-state index contributed by atoms with van der Waals surface area (Å²) >= 11 is 0. The number of hydrogen-bond acceptors (Lipinski definition) is 2. The van der Waals surface area contributed by atoms with E-state index in [2.05, 4.69) is 11.9 Å². The van der Waals surface area contributed by atoms with Crippen molar-refractivity contribution in [3.05, 3.63) is 42.0 Å². The third-order valence-electron chi connectivity index (χ3n) is 2.34. The maximum absolute atomic E-state index is 13.6. The van der Waals surface area contributed by atoms with Crippen molar-refractivity contribution in [1.29, 1.82) is 0 Å². The Morgan fingerprint density at radius 3 is 2.44 bits per heavy atom. The molecule has 0 saturated heterocycles. The first-order valence-electron chi connectivity index (χ1n) is 5.99. The maximum atomic E-state index is 13.6. The standard InChI is InChI=1S/C14H19F2NO/c1-4-5-6-18-14-12(15)7-11(8-13(14)16)9-17-10(2)3/h4,7-8,10,17H,1,5-6,9H2,2-3H3. The van der Waals surface area contributed by atoms with Crippen molar-refractivity contribution in [2.75, 3.05) is 6.61 Å². The molecule has 0 radical (unpaired) electrons. The van der Waals surface area contributed by atoms with E-state index in [9.17, 15) is 8.78 Å². The predicted molar refractivity (Wildman–Crippen MR) is 68.6 cm³/mol. The first-order chi connectivity index (χ1) is 8.54. The fraction of sp³-hybridized carbons (Fsp3) is 0.429. The number of nitrogens with one attached hydrogen (secondary N) is 1. The molecule has 1 rings (SSSR count). The van der Waals surface area contributed by atoms with Gasteiger partial charge in [-0.05, 0) is 24.1 Å². The van der Waals surface area contributed by atoms with E-state index in [-0.39, 0.29) is 18.4 Å². The van der Waals surface area contributed by atoms with Crippen LogP contribution in [0.3, 0.4) is 0 Å². The van der Waals surface area contributed by atoms with E-state index in [1.165, 1.54) is 12.1 Å². The van der Waals surface area contributed by atoms with Crippen molar-refractivity contribution in [2.45, 2.75) is 32.9 Å². The summed E-state index contributed by atoms with van der Waals surface area (Å²) in [6, 6.07) is 2.85. The minimum Gasteiger partial charge on any atom is -0.487 e. The van der Waals surface area contributed by atoms with Crippen LogP contribution in [0.2, 0.25) is 0 Å². The molecule has 0 aliphatic rings. The van der Waals surface area contributed by atoms with Crippen LogP contribution in [-0.4, -0.2) is 12.6 Å². The largest absolute Gasteiger partial charge is 0.487 e. The summed E-state index contributed by atoms with van der Waals surface area (Å²) in [7, 11) is 0. The van der Waals surface area contributed by atoms with Crippen LogP contribution < -0.4 is 10.1 Å². The van der Waals surface area contributed by atoms with E-state index in [1.54, 1.807) is 6.08 Å². The highest BCUT2D eigenvalue weighted by Crippen LogP contribution is 2.23. The van der Waals surface area contributed by atoms with Gasteiger partial charge in [-0.15, -0.1) is 6.58 Å². The van der Waals surface area contributed by atoms with Crippen LogP contribution >= 0.6 is 0 Å². The van der Waals surface area contributed by atoms with Gasteiger partial charge in [0.2, 0.25) is 0 Å². The van der Waals surface area contributed by atoms with Crippen molar-refractivity contribution >= 4 is 0 Å². The molecule has 0 amide bonds. The zero-order chi connectivity index (χ0) is 13.5. The smallest absolute Gasteiger partial charge is 0.190 e. The van der Waals surface area contributed by atoms with Crippen LogP contribution in [0.1, 0.15) is 25.8 Å². The molecule has 0 bridgehead atoms. The second-order valence-corrected chi connectivity index (χ2v) is 4.35. The van der Waals surface area contributed by atoms with Crippen LogP contribution in [0.4, 0.5) is 8.78 Å². The minimum atomic E-state index is -0.667. The van der Waals surface area contributed by atoms with Gasteiger partial charge in [-0.1, -0.05) is 19.9 Å². The lowest BCUT2D eigenvalue weighted by Gasteiger charge is -2.11. The average molecular weight is 255 g/mol. The third-order valence-corrected chi connectivity index (χ3v) is 2.34. The Hall–Kier alpha value is -1.42. The molecule has 0 heterocycles. The van der Waals surface area contributed by atoms with E-state index < -0.39 is 11.6 Å². The monoisotopic (exact) mass is 255 g/mol. The Morgan fingerprint density at radius 1 is 1.33 bits per heavy atom. The summed E-state index contributed by atoms with van der Waals surface area (Å²) in [5, 5.41) is 3.10. The Morgan fingerprint density at radius 2 is 1.94 bits per heavy atom. The molecule has 0 aliphatic heterocycles. The molecule has 1 aromatic carbocycles. The number of benzene rings is 1. The van der Waals surface area contributed by atoms with Crippen LogP contribution in [0.25, 0.3) is 0 Å². The number of hydrogen-bond donors (Lipinski definition) is 1. The molecule has 0 aromatic heterocycles. The van der Waals surface area contributed by atoms with Gasteiger partial charge in [0.05, 0.1) is 6.61 Å². The molecule has 100 valence electrons. The van der Waals surface area contributed by atoms with E-state index in [1.807, 2.05) is 13.8 Å². The van der Waals surface area contributed by atoms with Crippen molar-refractivity contribution in [3.63, 3.8) is 0 Å². The Labute approximate surface area is 107 Å². The van der Waals surface area contributed by atoms with Crippen LogP contribution in [0.5, 0.6) is 5.75 Å². The van der Waals surface area contributed by atoms with E-state index in [0.29, 0.717) is 18.5 Å². The molecule has 0 atom stereocenters. The molecule has 0 aliphatic carbocycles. The first-order valence-corrected chi connectivity index (χ1v) is 5.99. The lowest BCUT2D eigenvalue weighted by atomic mass is 10.2. The van der Waals surface area contributed by atoms with Gasteiger partial charge in [0, 0.05) is 12.6 Å². The topological polar surface area (TPSA) is 21.3 Å². The predicted octanol–water partition coefficient (Wildman–Crippen LogP) is 3.42. The molecule has 0 saturated carbocycles. The summed E-state index contributed by atoms with van der Waals surface area (Å²) in [5.74, 6) is -1.65. The molecule has 0 unspecified atom stereocenters. The van der Waals surface area contributed by atoms with Crippen LogP contribution in [-0.2, 0) is 6.54 Å². The Balaban J connectivity index is 2.73. The lowest BCUT2D eigenvalue weighted by Crippen LogP contribution is -2.22. The first kappa shape index (κ1) is 14.6. The van der Waals surface area contributed by atoms with Gasteiger partial charge >= 0.3 is 0 Å². The van der Waals surface area contributed by atoms with Crippen LogP contribution in [0.15, 0.2) is 24.8 Å². The molecule has 1 N–H and O–H groups in total. The molecule has 18 heavy (non-hydrogen) atoms. The highest BCUT2D eigenvalue weighted by atomic mass is 19.1. The van der Waals surface area contributed by atoms with E-state index in [4.69, 9.17) is 4.74 Å². The van der Waals surface area contributed by atoms with E-state index >= 15 is 0 Å². The summed E-state index contributed by atoms with van der Waals surface area (Å²) in [4.78, 5) is 0. The highest BCUT2D eigenvalue weighted by Gasteiger charge is 2.12. The van der Waals surface area contributed by atoms with Gasteiger partial charge in [-0.2, -0.15) is 0 Å². The fourth-order valence-electron chi connectivity index (χ4n) is 1.42. The molecule has 0 spiro atoms. The quantitative estimate of drug-likeness (QED) is 0.595. The highest BCUT2D eigenvalue weighted by molar-refractivity contribution is 5.31. The normalized spacial score (nSPS) is 10.7. The van der Waals surface area contributed by atoms with Crippen molar-refractivity contribution in [1.82, 2.24) is 5.32 Å². The minimum absolute atomic E-state index is 0.223. The number of ether oxygens (including phenoxy) is 1. The molecular formula is C14H19F2NO. The molecule has 2 nitrogen and oxygen atoms in total. The number of halogens is 2. The van der Waals surface area contributed by atoms with Gasteiger partial charge in [0.15, 0.2) is 17.4 Å². The molecule has 1 aromatic rings. The molecule has 4 heteroatoms. The summed E-state index contributed by atoms with van der Waals surface area (Å²) < 4.78 is 32.3. The van der Waals surface area contributed by atoms with Gasteiger partial charge in [-0.3, -0.25) is 0 Å². The van der Waals surface area contributed by atoms with Gasteiger partial charge in [0.1, 0.15) is 0 Å². The number of rotatable bonds is 7. The maximum Gasteiger partial charge on any atom is 0.190 e. The SMILES string of the molecule is C=CCCOc1c(F)cc(CNC(C)C)cc1F. The molecule has 0 fully saturated rings. The summed E-state index contributed by atoms with van der Waals surface area (Å²) in [6.45, 7) is 8.11. The zero-order valence-electron chi connectivity index (χ0n) is 10.8.